The van der Waals surface area contributed by atoms with Crippen LogP contribution in [0.5, 0.6) is 17.4 Å². The van der Waals surface area contributed by atoms with Crippen LogP contribution in [0.2, 0.25) is 0 Å². The zero-order valence-electron chi connectivity index (χ0n) is 17.5. The van der Waals surface area contributed by atoms with Crippen LogP contribution < -0.4 is 20.1 Å². The van der Waals surface area contributed by atoms with Crippen molar-refractivity contribution in [1.82, 2.24) is 10.3 Å². The standard InChI is InChI=1S/C24H23N3O4/c1-16-4-11-20(21(14-16)30-3)31-23-13-10-19(15-26-23)27-22(28)12-7-17-5-8-18(9-6-17)24(29)25-2/h4-15H,1-3H3,(H,25,29)(H,27,28)/b12-7+. The van der Waals surface area contributed by atoms with Crippen LogP contribution in [0.4, 0.5) is 5.69 Å². The average molecular weight is 417 g/mol. The summed E-state index contributed by atoms with van der Waals surface area (Å²) in [6.45, 7) is 1.97. The van der Waals surface area contributed by atoms with E-state index in [1.807, 2.05) is 25.1 Å². The molecule has 0 bridgehead atoms. The number of carbonyl (C=O) groups is 2. The first-order valence-corrected chi connectivity index (χ1v) is 9.58. The van der Waals surface area contributed by atoms with E-state index >= 15 is 0 Å². The molecule has 0 unspecified atom stereocenters. The molecule has 2 N–H and O–H groups in total. The number of aromatic nitrogens is 1. The Balaban J connectivity index is 1.58. The molecule has 0 aliphatic rings. The lowest BCUT2D eigenvalue weighted by atomic mass is 10.1. The van der Waals surface area contributed by atoms with Gasteiger partial charge < -0.3 is 20.1 Å². The summed E-state index contributed by atoms with van der Waals surface area (Å²) in [6, 6.07) is 15.9. The minimum atomic E-state index is -0.300. The van der Waals surface area contributed by atoms with Crippen molar-refractivity contribution in [3.05, 3.63) is 83.6 Å². The molecule has 0 spiro atoms. The Morgan fingerprint density at radius 2 is 1.77 bits per heavy atom. The highest BCUT2D eigenvalue weighted by molar-refractivity contribution is 6.02. The number of methoxy groups -OCH3 is 1. The predicted octanol–water partition coefficient (Wildman–Crippen LogP) is 4.20. The Bertz CT molecular complexity index is 1090. The number of pyridine rings is 1. The third kappa shape index (κ3) is 5.93. The molecule has 158 valence electrons. The first kappa shape index (κ1) is 21.6. The molecule has 7 heteroatoms. The average Bonchev–Trinajstić information content (AvgIpc) is 2.80. The van der Waals surface area contributed by atoms with Crippen LogP contribution in [0.25, 0.3) is 6.08 Å². The second-order valence-corrected chi connectivity index (χ2v) is 6.67. The van der Waals surface area contributed by atoms with E-state index in [2.05, 4.69) is 15.6 Å². The van der Waals surface area contributed by atoms with E-state index in [1.165, 1.54) is 12.3 Å². The summed E-state index contributed by atoms with van der Waals surface area (Å²) in [6.07, 6.45) is 4.59. The molecule has 0 fully saturated rings. The smallest absolute Gasteiger partial charge is 0.251 e. The number of anilines is 1. The number of rotatable bonds is 7. The summed E-state index contributed by atoms with van der Waals surface area (Å²) < 4.78 is 11.1. The third-order valence-corrected chi connectivity index (χ3v) is 4.36. The van der Waals surface area contributed by atoms with E-state index in [0.717, 1.165) is 11.1 Å². The molecule has 3 aromatic rings. The van der Waals surface area contributed by atoms with Gasteiger partial charge in [-0.05, 0) is 54.5 Å². The predicted molar refractivity (Wildman–Crippen MR) is 120 cm³/mol. The highest BCUT2D eigenvalue weighted by Crippen LogP contribution is 2.31. The van der Waals surface area contributed by atoms with Crippen molar-refractivity contribution in [3.8, 4) is 17.4 Å². The minimum Gasteiger partial charge on any atom is -0.493 e. The van der Waals surface area contributed by atoms with Crippen LogP contribution in [0.15, 0.2) is 66.9 Å². The van der Waals surface area contributed by atoms with Gasteiger partial charge in [-0.1, -0.05) is 18.2 Å². The molecular weight excluding hydrogens is 394 g/mol. The van der Waals surface area contributed by atoms with Crippen LogP contribution >= 0.6 is 0 Å². The summed E-state index contributed by atoms with van der Waals surface area (Å²) in [5, 5.41) is 5.30. The van der Waals surface area contributed by atoms with E-state index in [0.29, 0.717) is 28.6 Å². The first-order chi connectivity index (χ1) is 15.0. The van der Waals surface area contributed by atoms with Crippen molar-refractivity contribution >= 4 is 23.6 Å². The Morgan fingerprint density at radius 3 is 2.42 bits per heavy atom. The molecule has 2 aromatic carbocycles. The fraction of sp³-hybridized carbons (Fsp3) is 0.125. The van der Waals surface area contributed by atoms with Gasteiger partial charge in [0.25, 0.3) is 5.91 Å². The number of aryl methyl sites for hydroxylation is 1. The first-order valence-electron chi connectivity index (χ1n) is 9.58. The highest BCUT2D eigenvalue weighted by atomic mass is 16.5. The van der Waals surface area contributed by atoms with Crippen LogP contribution in [0.1, 0.15) is 21.5 Å². The number of hydrogen-bond donors (Lipinski definition) is 2. The monoisotopic (exact) mass is 417 g/mol. The second-order valence-electron chi connectivity index (χ2n) is 6.67. The number of ether oxygens (including phenoxy) is 2. The lowest BCUT2D eigenvalue weighted by molar-refractivity contribution is -0.111. The molecule has 0 atom stereocenters. The topological polar surface area (TPSA) is 89.6 Å². The van der Waals surface area contributed by atoms with Crippen molar-refractivity contribution in [2.45, 2.75) is 6.92 Å². The van der Waals surface area contributed by atoms with Crippen molar-refractivity contribution in [3.63, 3.8) is 0 Å². The van der Waals surface area contributed by atoms with Crippen molar-refractivity contribution in [2.24, 2.45) is 0 Å². The van der Waals surface area contributed by atoms with Gasteiger partial charge in [0, 0.05) is 24.8 Å². The van der Waals surface area contributed by atoms with E-state index in [9.17, 15) is 9.59 Å². The maximum absolute atomic E-state index is 12.2. The molecule has 1 heterocycles. The fourth-order valence-corrected chi connectivity index (χ4v) is 2.73. The van der Waals surface area contributed by atoms with Gasteiger partial charge in [0.15, 0.2) is 11.5 Å². The summed E-state index contributed by atoms with van der Waals surface area (Å²) in [5.41, 5.74) is 2.95. The molecule has 0 saturated carbocycles. The van der Waals surface area contributed by atoms with Crippen molar-refractivity contribution in [2.75, 3.05) is 19.5 Å². The van der Waals surface area contributed by atoms with Gasteiger partial charge in [0.2, 0.25) is 11.8 Å². The van der Waals surface area contributed by atoms with E-state index in [-0.39, 0.29) is 11.8 Å². The zero-order valence-corrected chi connectivity index (χ0v) is 17.5. The molecule has 3 rings (SSSR count). The van der Waals surface area contributed by atoms with E-state index in [1.54, 1.807) is 56.6 Å². The molecule has 31 heavy (non-hydrogen) atoms. The molecule has 1 aromatic heterocycles. The Morgan fingerprint density at radius 1 is 1.00 bits per heavy atom. The van der Waals surface area contributed by atoms with Gasteiger partial charge in [-0.15, -0.1) is 0 Å². The molecule has 0 radical (unpaired) electrons. The van der Waals surface area contributed by atoms with Crippen molar-refractivity contribution < 1.29 is 19.1 Å². The molecule has 0 saturated heterocycles. The molecule has 0 aliphatic carbocycles. The Hall–Kier alpha value is -4.13. The third-order valence-electron chi connectivity index (χ3n) is 4.36. The highest BCUT2D eigenvalue weighted by Gasteiger charge is 2.07. The second kappa shape index (κ2) is 10.1. The van der Waals surface area contributed by atoms with Gasteiger partial charge in [0.05, 0.1) is 19.0 Å². The van der Waals surface area contributed by atoms with E-state index in [4.69, 9.17) is 9.47 Å². The number of carbonyl (C=O) groups excluding carboxylic acids is 2. The Labute approximate surface area is 180 Å². The number of benzene rings is 2. The van der Waals surface area contributed by atoms with Gasteiger partial charge >= 0.3 is 0 Å². The normalized spacial score (nSPS) is 10.5. The van der Waals surface area contributed by atoms with Gasteiger partial charge in [0.1, 0.15) is 0 Å². The van der Waals surface area contributed by atoms with E-state index < -0.39 is 0 Å². The van der Waals surface area contributed by atoms with Gasteiger partial charge in [-0.2, -0.15) is 0 Å². The number of nitrogens with one attached hydrogen (secondary N) is 2. The zero-order chi connectivity index (χ0) is 22.2. The quantitative estimate of drug-likeness (QED) is 0.563. The SMILES string of the molecule is CNC(=O)c1ccc(/C=C/C(=O)Nc2ccc(Oc3ccc(C)cc3OC)nc2)cc1. The number of amides is 2. The number of nitrogens with zero attached hydrogens (tertiary/aromatic N) is 1. The molecule has 2 amide bonds. The summed E-state index contributed by atoms with van der Waals surface area (Å²) in [7, 11) is 3.16. The van der Waals surface area contributed by atoms with Crippen LogP contribution in [-0.2, 0) is 4.79 Å². The lowest BCUT2D eigenvalue weighted by Gasteiger charge is -2.10. The van der Waals surface area contributed by atoms with Gasteiger partial charge in [-0.25, -0.2) is 4.98 Å². The lowest BCUT2D eigenvalue weighted by Crippen LogP contribution is -2.17. The number of hydrogen-bond acceptors (Lipinski definition) is 5. The summed E-state index contributed by atoms with van der Waals surface area (Å²) >= 11 is 0. The molecular formula is C24H23N3O4. The maximum atomic E-state index is 12.2. The van der Waals surface area contributed by atoms with Crippen LogP contribution in [0, 0.1) is 6.92 Å². The molecule has 0 aliphatic heterocycles. The minimum absolute atomic E-state index is 0.158. The Kier molecular flexibility index (Phi) is 7.01. The van der Waals surface area contributed by atoms with Gasteiger partial charge in [-0.3, -0.25) is 9.59 Å². The maximum Gasteiger partial charge on any atom is 0.251 e. The van der Waals surface area contributed by atoms with Crippen LogP contribution in [-0.4, -0.2) is 31.0 Å². The largest absolute Gasteiger partial charge is 0.493 e. The van der Waals surface area contributed by atoms with Crippen molar-refractivity contribution in [1.29, 1.82) is 0 Å². The van der Waals surface area contributed by atoms with Crippen LogP contribution in [0.3, 0.4) is 0 Å². The summed E-state index contributed by atoms with van der Waals surface area (Å²) in [4.78, 5) is 27.9. The summed E-state index contributed by atoms with van der Waals surface area (Å²) in [5.74, 6) is 1.10. The fourth-order valence-electron chi connectivity index (χ4n) is 2.73. The molecule has 7 nitrogen and oxygen atoms in total.